The van der Waals surface area contributed by atoms with Gasteiger partial charge >= 0.3 is 0 Å². The molecule has 1 aliphatic rings. The van der Waals surface area contributed by atoms with Crippen molar-refractivity contribution in [2.75, 3.05) is 13.1 Å². The topological polar surface area (TPSA) is 72.4 Å². The highest BCUT2D eigenvalue weighted by Gasteiger charge is 2.31. The summed E-state index contributed by atoms with van der Waals surface area (Å²) in [6.45, 7) is 5.80. The van der Waals surface area contributed by atoms with E-state index < -0.39 is 0 Å². The van der Waals surface area contributed by atoms with E-state index in [2.05, 4.69) is 11.8 Å². The van der Waals surface area contributed by atoms with Crippen LogP contribution in [0, 0.1) is 5.92 Å². The first-order chi connectivity index (χ1) is 7.10. The van der Waals surface area contributed by atoms with Crippen molar-refractivity contribution in [3.8, 4) is 0 Å². The van der Waals surface area contributed by atoms with Gasteiger partial charge in [-0.2, -0.15) is 0 Å². The average molecular weight is 213 g/mol. The molecule has 0 bridgehead atoms. The molecule has 1 aliphatic heterocycles. The largest absolute Gasteiger partial charge is 0.368 e. The zero-order chi connectivity index (χ0) is 11.4. The van der Waals surface area contributed by atoms with Gasteiger partial charge in [-0.05, 0) is 38.6 Å². The van der Waals surface area contributed by atoms with Gasteiger partial charge in [0.1, 0.15) is 0 Å². The van der Waals surface area contributed by atoms with Gasteiger partial charge in [0.05, 0.1) is 6.04 Å². The Kier molecular flexibility index (Phi) is 4.54. The first-order valence-electron chi connectivity index (χ1n) is 5.85. The lowest BCUT2D eigenvalue weighted by molar-refractivity contribution is -0.125. The third kappa shape index (κ3) is 2.92. The fraction of sp³-hybridized carbons (Fsp3) is 0.909. The van der Waals surface area contributed by atoms with E-state index in [0.717, 1.165) is 19.4 Å². The molecule has 3 atom stereocenters. The lowest BCUT2D eigenvalue weighted by Crippen LogP contribution is -2.53. The standard InChI is InChI=1S/C11H23N3O/c1-3-10(11(13)15)14-7-9(6-12)5-4-8(14)2/h8-10H,3-7,12H2,1-2H3,(H2,13,15). The predicted molar refractivity (Wildman–Crippen MR) is 61.2 cm³/mol. The Balaban J connectivity index is 2.67. The molecule has 1 fully saturated rings. The fourth-order valence-corrected chi connectivity index (χ4v) is 2.44. The molecule has 4 nitrogen and oxygen atoms in total. The van der Waals surface area contributed by atoms with Crippen molar-refractivity contribution in [1.82, 2.24) is 4.90 Å². The maximum Gasteiger partial charge on any atom is 0.234 e. The molecule has 0 radical (unpaired) electrons. The minimum absolute atomic E-state index is 0.116. The molecular weight excluding hydrogens is 190 g/mol. The molecule has 0 aromatic carbocycles. The summed E-state index contributed by atoms with van der Waals surface area (Å²) >= 11 is 0. The van der Waals surface area contributed by atoms with E-state index in [-0.39, 0.29) is 11.9 Å². The molecular formula is C11H23N3O. The highest BCUT2D eigenvalue weighted by Crippen LogP contribution is 2.24. The van der Waals surface area contributed by atoms with Crippen LogP contribution in [0.4, 0.5) is 0 Å². The molecule has 0 spiro atoms. The maximum atomic E-state index is 11.3. The summed E-state index contributed by atoms with van der Waals surface area (Å²) in [7, 11) is 0. The fourth-order valence-electron chi connectivity index (χ4n) is 2.44. The SMILES string of the molecule is CCC(C(N)=O)N1CC(CN)CCC1C. The molecule has 1 heterocycles. The first-order valence-corrected chi connectivity index (χ1v) is 5.85. The lowest BCUT2D eigenvalue weighted by atomic mass is 9.91. The Labute approximate surface area is 92.0 Å². The number of hydrogen-bond acceptors (Lipinski definition) is 3. The van der Waals surface area contributed by atoms with E-state index >= 15 is 0 Å². The number of likely N-dealkylation sites (tertiary alicyclic amines) is 1. The van der Waals surface area contributed by atoms with Crippen LogP contribution in [0.15, 0.2) is 0 Å². The predicted octanol–water partition coefficient (Wildman–Crippen LogP) is 0.310. The summed E-state index contributed by atoms with van der Waals surface area (Å²) < 4.78 is 0. The number of rotatable bonds is 4. The van der Waals surface area contributed by atoms with Crippen LogP contribution in [0.5, 0.6) is 0 Å². The van der Waals surface area contributed by atoms with Gasteiger partial charge in [0.25, 0.3) is 0 Å². The van der Waals surface area contributed by atoms with Crippen LogP contribution >= 0.6 is 0 Å². The Hall–Kier alpha value is -0.610. The Morgan fingerprint density at radius 3 is 2.67 bits per heavy atom. The van der Waals surface area contributed by atoms with Gasteiger partial charge in [-0.3, -0.25) is 9.69 Å². The van der Waals surface area contributed by atoms with Gasteiger partial charge in [-0.1, -0.05) is 6.92 Å². The molecule has 4 heteroatoms. The maximum absolute atomic E-state index is 11.3. The summed E-state index contributed by atoms with van der Waals surface area (Å²) in [5.41, 5.74) is 11.1. The normalized spacial score (nSPS) is 30.1. The quantitative estimate of drug-likeness (QED) is 0.706. The molecule has 1 amide bonds. The van der Waals surface area contributed by atoms with Crippen molar-refractivity contribution in [3.05, 3.63) is 0 Å². The number of carbonyl (C=O) groups excluding carboxylic acids is 1. The zero-order valence-corrected chi connectivity index (χ0v) is 9.78. The molecule has 0 aromatic heterocycles. The van der Waals surface area contributed by atoms with E-state index in [0.29, 0.717) is 18.5 Å². The van der Waals surface area contributed by atoms with Crippen LogP contribution < -0.4 is 11.5 Å². The van der Waals surface area contributed by atoms with Crippen LogP contribution in [0.3, 0.4) is 0 Å². The van der Waals surface area contributed by atoms with Crippen molar-refractivity contribution in [2.45, 2.75) is 45.2 Å². The van der Waals surface area contributed by atoms with Gasteiger partial charge in [-0.25, -0.2) is 0 Å². The van der Waals surface area contributed by atoms with Crippen LogP contribution in [-0.2, 0) is 4.79 Å². The van der Waals surface area contributed by atoms with Gasteiger partial charge in [0, 0.05) is 12.6 Å². The molecule has 15 heavy (non-hydrogen) atoms. The van der Waals surface area contributed by atoms with Crippen molar-refractivity contribution in [1.29, 1.82) is 0 Å². The number of primary amides is 1. The molecule has 1 rings (SSSR count). The van der Waals surface area contributed by atoms with Crippen LogP contribution in [0.2, 0.25) is 0 Å². The highest BCUT2D eigenvalue weighted by atomic mass is 16.1. The molecule has 0 saturated carbocycles. The second kappa shape index (κ2) is 5.47. The molecule has 88 valence electrons. The van der Waals surface area contributed by atoms with Crippen molar-refractivity contribution in [3.63, 3.8) is 0 Å². The number of nitrogens with zero attached hydrogens (tertiary/aromatic N) is 1. The molecule has 1 saturated heterocycles. The average Bonchev–Trinajstić information content (AvgIpc) is 2.21. The summed E-state index contributed by atoms with van der Waals surface area (Å²) in [5, 5.41) is 0. The number of hydrogen-bond donors (Lipinski definition) is 2. The highest BCUT2D eigenvalue weighted by molar-refractivity contribution is 5.79. The smallest absolute Gasteiger partial charge is 0.234 e. The number of carbonyl (C=O) groups is 1. The summed E-state index contributed by atoms with van der Waals surface area (Å²) in [5.74, 6) is 0.316. The second-order valence-corrected chi connectivity index (χ2v) is 4.55. The Morgan fingerprint density at radius 2 is 2.20 bits per heavy atom. The van der Waals surface area contributed by atoms with Crippen molar-refractivity contribution < 1.29 is 4.79 Å². The van der Waals surface area contributed by atoms with E-state index in [9.17, 15) is 4.79 Å². The monoisotopic (exact) mass is 213 g/mol. The van der Waals surface area contributed by atoms with Crippen molar-refractivity contribution >= 4 is 5.91 Å². The number of nitrogens with two attached hydrogens (primary N) is 2. The van der Waals surface area contributed by atoms with Gasteiger partial charge in [-0.15, -0.1) is 0 Å². The molecule has 0 aliphatic carbocycles. The second-order valence-electron chi connectivity index (χ2n) is 4.55. The molecule has 3 unspecified atom stereocenters. The minimum Gasteiger partial charge on any atom is -0.368 e. The van der Waals surface area contributed by atoms with Gasteiger partial charge in [0.2, 0.25) is 5.91 Å². The van der Waals surface area contributed by atoms with Crippen LogP contribution in [0.1, 0.15) is 33.1 Å². The van der Waals surface area contributed by atoms with E-state index in [4.69, 9.17) is 11.5 Å². The minimum atomic E-state index is -0.206. The van der Waals surface area contributed by atoms with Gasteiger partial charge in [0.15, 0.2) is 0 Å². The summed E-state index contributed by atoms with van der Waals surface area (Å²) in [6.07, 6.45) is 3.08. The van der Waals surface area contributed by atoms with Gasteiger partial charge < -0.3 is 11.5 Å². The first kappa shape index (κ1) is 12.5. The van der Waals surface area contributed by atoms with E-state index in [1.54, 1.807) is 0 Å². The molecule has 0 aromatic rings. The third-order valence-corrected chi connectivity index (χ3v) is 3.48. The zero-order valence-electron chi connectivity index (χ0n) is 9.78. The molecule has 4 N–H and O–H groups in total. The lowest BCUT2D eigenvalue weighted by Gasteiger charge is -2.41. The van der Waals surface area contributed by atoms with Crippen molar-refractivity contribution in [2.24, 2.45) is 17.4 Å². The number of piperidine rings is 1. The summed E-state index contributed by atoms with van der Waals surface area (Å²) in [6, 6.07) is 0.333. The van der Waals surface area contributed by atoms with Crippen LogP contribution in [-0.4, -0.2) is 36.0 Å². The van der Waals surface area contributed by atoms with Crippen LogP contribution in [0.25, 0.3) is 0 Å². The van der Waals surface area contributed by atoms with E-state index in [1.165, 1.54) is 6.42 Å². The number of amides is 1. The third-order valence-electron chi connectivity index (χ3n) is 3.48. The summed E-state index contributed by atoms with van der Waals surface area (Å²) in [4.78, 5) is 13.5. The Bertz CT molecular complexity index is 220. The Morgan fingerprint density at radius 1 is 1.53 bits per heavy atom. The van der Waals surface area contributed by atoms with E-state index in [1.807, 2.05) is 6.92 Å².